The number of amides is 1. The van der Waals surface area contributed by atoms with E-state index in [1.165, 1.54) is 25.3 Å². The largest absolute Gasteiger partial charge is 0.387 e. The summed E-state index contributed by atoms with van der Waals surface area (Å²) >= 11 is 0. The molecule has 0 aliphatic carbocycles. The fourth-order valence-corrected chi connectivity index (χ4v) is 3.98. The highest BCUT2D eigenvalue weighted by molar-refractivity contribution is 5.88. The molecule has 132 valence electrons. The number of β-amino-alcohol motifs (C(OH)–C–C–N with tert-alkyl or cyclic N) is 1. The van der Waals surface area contributed by atoms with Gasteiger partial charge in [-0.15, -0.1) is 0 Å². The molecule has 1 aromatic rings. The van der Waals surface area contributed by atoms with Crippen LogP contribution in [0.15, 0.2) is 24.3 Å². The van der Waals surface area contributed by atoms with Gasteiger partial charge in [0.25, 0.3) is 0 Å². The van der Waals surface area contributed by atoms with Crippen molar-refractivity contribution in [1.82, 2.24) is 9.80 Å². The Bertz CT molecular complexity index is 554. The maximum Gasteiger partial charge on any atom is 0.221 e. The van der Waals surface area contributed by atoms with Gasteiger partial charge >= 0.3 is 0 Å². The number of hydrogen-bond donors (Lipinski definition) is 2. The number of rotatable bonds is 5. The van der Waals surface area contributed by atoms with Gasteiger partial charge in [0.1, 0.15) is 0 Å². The number of benzene rings is 1. The number of anilines is 1. The second-order valence-electron chi connectivity index (χ2n) is 7.40. The van der Waals surface area contributed by atoms with Crippen LogP contribution in [0.2, 0.25) is 0 Å². The third-order valence-electron chi connectivity index (χ3n) is 5.03. The van der Waals surface area contributed by atoms with Gasteiger partial charge in [0.15, 0.2) is 0 Å². The summed E-state index contributed by atoms with van der Waals surface area (Å²) in [6, 6.07) is 7.99. The van der Waals surface area contributed by atoms with Crippen molar-refractivity contribution >= 4 is 11.6 Å². The molecule has 2 N–H and O–H groups in total. The minimum Gasteiger partial charge on any atom is -0.387 e. The Labute approximate surface area is 144 Å². The van der Waals surface area contributed by atoms with Crippen molar-refractivity contribution in [3.63, 3.8) is 0 Å². The molecule has 24 heavy (non-hydrogen) atoms. The highest BCUT2D eigenvalue weighted by atomic mass is 16.3. The van der Waals surface area contributed by atoms with Crippen LogP contribution in [0.3, 0.4) is 0 Å². The number of carbonyl (C=O) groups excluding carboxylic acids is 1. The summed E-state index contributed by atoms with van der Waals surface area (Å²) in [5, 5.41) is 13.8. The molecular weight excluding hydrogens is 302 g/mol. The lowest BCUT2D eigenvalue weighted by Gasteiger charge is -2.41. The normalized spacial score (nSPS) is 25.8. The molecule has 5 nitrogen and oxygen atoms in total. The lowest BCUT2D eigenvalue weighted by molar-refractivity contribution is -0.114. The van der Waals surface area contributed by atoms with E-state index < -0.39 is 5.60 Å². The zero-order chi connectivity index (χ0) is 17.0. The van der Waals surface area contributed by atoms with Crippen molar-refractivity contribution in [3.8, 4) is 0 Å². The predicted octanol–water partition coefficient (Wildman–Crippen LogP) is 2.07. The minimum absolute atomic E-state index is 0.0502. The zero-order valence-corrected chi connectivity index (χ0v) is 14.6. The van der Waals surface area contributed by atoms with Crippen LogP contribution in [0.5, 0.6) is 0 Å². The van der Waals surface area contributed by atoms with E-state index in [1.54, 1.807) is 0 Å². The van der Waals surface area contributed by atoms with E-state index in [0.29, 0.717) is 0 Å². The monoisotopic (exact) mass is 331 g/mol. The number of carbonyl (C=O) groups is 1. The van der Waals surface area contributed by atoms with Crippen LogP contribution in [0.1, 0.15) is 38.2 Å². The van der Waals surface area contributed by atoms with Gasteiger partial charge in [-0.1, -0.05) is 12.1 Å². The average molecular weight is 331 g/mol. The van der Waals surface area contributed by atoms with E-state index in [4.69, 9.17) is 0 Å². The Morgan fingerprint density at radius 1 is 1.12 bits per heavy atom. The molecule has 2 aliphatic heterocycles. The van der Waals surface area contributed by atoms with Gasteiger partial charge in [0, 0.05) is 32.2 Å². The van der Waals surface area contributed by atoms with Crippen molar-refractivity contribution in [2.45, 2.75) is 44.8 Å². The predicted molar refractivity (Wildman–Crippen MR) is 95.9 cm³/mol. The van der Waals surface area contributed by atoms with Crippen LogP contribution >= 0.6 is 0 Å². The summed E-state index contributed by atoms with van der Waals surface area (Å²) in [6.07, 6.45) is 4.48. The molecule has 2 aliphatic rings. The maximum absolute atomic E-state index is 11.1. The van der Waals surface area contributed by atoms with Gasteiger partial charge in [-0.25, -0.2) is 0 Å². The molecular formula is C19H29N3O2. The van der Waals surface area contributed by atoms with Gasteiger partial charge < -0.3 is 15.3 Å². The van der Waals surface area contributed by atoms with E-state index in [-0.39, 0.29) is 5.91 Å². The van der Waals surface area contributed by atoms with Gasteiger partial charge in [-0.05, 0) is 63.0 Å². The third kappa shape index (κ3) is 4.79. The van der Waals surface area contributed by atoms with Crippen LogP contribution in [-0.4, -0.2) is 59.1 Å². The minimum atomic E-state index is -0.571. The van der Waals surface area contributed by atoms with Crippen molar-refractivity contribution in [2.75, 3.05) is 38.0 Å². The number of nitrogens with one attached hydrogen (secondary N) is 1. The molecule has 0 saturated carbocycles. The third-order valence-corrected chi connectivity index (χ3v) is 5.03. The summed E-state index contributed by atoms with van der Waals surface area (Å²) in [4.78, 5) is 15.8. The fraction of sp³-hybridized carbons (Fsp3) is 0.632. The van der Waals surface area contributed by atoms with Crippen LogP contribution in [-0.2, 0) is 11.3 Å². The Hall–Kier alpha value is -1.43. The van der Waals surface area contributed by atoms with Crippen LogP contribution < -0.4 is 5.32 Å². The van der Waals surface area contributed by atoms with Crippen LogP contribution in [0.4, 0.5) is 5.69 Å². The van der Waals surface area contributed by atoms with Gasteiger partial charge in [0.05, 0.1) is 5.60 Å². The summed E-state index contributed by atoms with van der Waals surface area (Å²) < 4.78 is 0. The Balaban J connectivity index is 1.55. The van der Waals surface area contributed by atoms with Crippen molar-refractivity contribution in [3.05, 3.63) is 29.8 Å². The highest BCUT2D eigenvalue weighted by Crippen LogP contribution is 2.25. The molecule has 0 aromatic heterocycles. The van der Waals surface area contributed by atoms with Crippen LogP contribution in [0.25, 0.3) is 0 Å². The number of nitrogens with zero attached hydrogens (tertiary/aromatic N) is 2. The quantitative estimate of drug-likeness (QED) is 0.867. The maximum atomic E-state index is 11.1. The van der Waals surface area contributed by atoms with E-state index in [2.05, 4.69) is 27.2 Å². The second kappa shape index (κ2) is 7.64. The van der Waals surface area contributed by atoms with E-state index in [1.807, 2.05) is 12.1 Å². The zero-order valence-electron chi connectivity index (χ0n) is 14.6. The fourth-order valence-electron chi connectivity index (χ4n) is 3.98. The molecule has 3 rings (SSSR count). The first-order valence-corrected chi connectivity index (χ1v) is 9.06. The summed E-state index contributed by atoms with van der Waals surface area (Å²) in [5.74, 6) is -0.0502. The van der Waals surface area contributed by atoms with Crippen molar-refractivity contribution < 1.29 is 9.90 Å². The molecule has 1 aromatic carbocycles. The molecule has 0 spiro atoms. The van der Waals surface area contributed by atoms with Gasteiger partial charge in [-0.2, -0.15) is 0 Å². The molecule has 5 heteroatoms. The summed E-state index contributed by atoms with van der Waals surface area (Å²) in [5.41, 5.74) is 1.48. The standard InChI is InChI=1S/C19H29N3O2/c1-16(23)20-18-7-5-17(6-8-18)13-22-12-4-9-19(24,15-22)14-21-10-2-3-11-21/h5-8,24H,2-4,9-15H2,1H3,(H,20,23)/t19-/m0/s1. The number of likely N-dealkylation sites (tertiary alicyclic amines) is 2. The van der Waals surface area contributed by atoms with Crippen molar-refractivity contribution in [2.24, 2.45) is 0 Å². The molecule has 1 atom stereocenters. The van der Waals surface area contributed by atoms with E-state index in [9.17, 15) is 9.90 Å². The number of hydrogen-bond acceptors (Lipinski definition) is 4. The SMILES string of the molecule is CC(=O)Nc1ccc(CN2CCC[C@](O)(CN3CCCC3)C2)cc1. The molecule has 2 fully saturated rings. The van der Waals surface area contributed by atoms with Gasteiger partial charge in [0.2, 0.25) is 5.91 Å². The first-order valence-electron chi connectivity index (χ1n) is 9.06. The average Bonchev–Trinajstić information content (AvgIpc) is 3.01. The number of piperidine rings is 1. The molecule has 2 saturated heterocycles. The Morgan fingerprint density at radius 2 is 1.79 bits per heavy atom. The Morgan fingerprint density at radius 3 is 2.46 bits per heavy atom. The number of aliphatic hydroxyl groups is 1. The first-order chi connectivity index (χ1) is 11.5. The molecule has 2 heterocycles. The summed E-state index contributed by atoms with van der Waals surface area (Å²) in [7, 11) is 0. The topological polar surface area (TPSA) is 55.8 Å². The molecule has 1 amide bonds. The second-order valence-corrected chi connectivity index (χ2v) is 7.40. The smallest absolute Gasteiger partial charge is 0.221 e. The van der Waals surface area contributed by atoms with Crippen LogP contribution in [0, 0.1) is 0 Å². The molecule has 0 bridgehead atoms. The molecule has 0 radical (unpaired) electrons. The van der Waals surface area contributed by atoms with Gasteiger partial charge in [-0.3, -0.25) is 9.69 Å². The lowest BCUT2D eigenvalue weighted by atomic mass is 9.92. The summed E-state index contributed by atoms with van der Waals surface area (Å²) in [6.45, 7) is 7.23. The highest BCUT2D eigenvalue weighted by Gasteiger charge is 2.35. The first kappa shape index (κ1) is 17.4. The molecule has 0 unspecified atom stereocenters. The van der Waals surface area contributed by atoms with E-state index >= 15 is 0 Å². The van der Waals surface area contributed by atoms with E-state index in [0.717, 1.165) is 57.8 Å². The Kier molecular flexibility index (Phi) is 5.54. The van der Waals surface area contributed by atoms with Crippen molar-refractivity contribution in [1.29, 1.82) is 0 Å². The lowest BCUT2D eigenvalue weighted by Crippen LogP contribution is -2.53.